The Morgan fingerprint density at radius 3 is 2.20 bits per heavy atom. The molecule has 104 valence electrons. The molecule has 0 fully saturated rings. The molecule has 2 nitrogen and oxygen atoms in total. The van der Waals surface area contributed by atoms with Crippen molar-refractivity contribution in [1.82, 2.24) is 0 Å². The van der Waals surface area contributed by atoms with Gasteiger partial charge in [-0.25, -0.2) is 0 Å². The Bertz CT molecular complexity index is 569. The van der Waals surface area contributed by atoms with Crippen molar-refractivity contribution in [3.63, 3.8) is 0 Å². The number of Topliss-reactive ketones (excluding diaryl/α,β-unsaturated/α-hetero) is 1. The standard InChI is InChI=1S/C18H21NO/c1-13-8-14(2)10-16(9-13)12-18(20)17(19)11-15-6-4-3-5-7-15/h3-10,17H,11-12,19H2,1-2H3. The zero-order valence-electron chi connectivity index (χ0n) is 12.1. The second kappa shape index (κ2) is 6.49. The number of rotatable bonds is 5. The zero-order valence-corrected chi connectivity index (χ0v) is 12.1. The van der Waals surface area contributed by atoms with Crippen LogP contribution >= 0.6 is 0 Å². The Labute approximate surface area is 120 Å². The first-order valence-electron chi connectivity index (χ1n) is 6.94. The second-order valence-corrected chi connectivity index (χ2v) is 5.44. The molecule has 2 N–H and O–H groups in total. The third-order valence-electron chi connectivity index (χ3n) is 3.37. The maximum absolute atomic E-state index is 12.2. The lowest BCUT2D eigenvalue weighted by Gasteiger charge is -2.11. The number of benzene rings is 2. The summed E-state index contributed by atoms with van der Waals surface area (Å²) in [6.45, 7) is 4.09. The van der Waals surface area contributed by atoms with Gasteiger partial charge < -0.3 is 5.73 Å². The van der Waals surface area contributed by atoms with Crippen LogP contribution in [0.25, 0.3) is 0 Å². The summed E-state index contributed by atoms with van der Waals surface area (Å²) in [6, 6.07) is 15.7. The average Bonchev–Trinajstić information content (AvgIpc) is 2.38. The molecule has 0 aliphatic rings. The van der Waals surface area contributed by atoms with E-state index >= 15 is 0 Å². The van der Waals surface area contributed by atoms with Crippen LogP contribution in [-0.2, 0) is 17.6 Å². The van der Waals surface area contributed by atoms with E-state index in [4.69, 9.17) is 5.73 Å². The summed E-state index contributed by atoms with van der Waals surface area (Å²) in [5, 5.41) is 0. The first-order chi connectivity index (χ1) is 9.54. The van der Waals surface area contributed by atoms with E-state index < -0.39 is 6.04 Å². The Morgan fingerprint density at radius 2 is 1.60 bits per heavy atom. The normalized spacial score (nSPS) is 12.2. The Kier molecular flexibility index (Phi) is 4.70. The molecule has 20 heavy (non-hydrogen) atoms. The highest BCUT2D eigenvalue weighted by atomic mass is 16.1. The highest BCUT2D eigenvalue weighted by Crippen LogP contribution is 2.11. The van der Waals surface area contributed by atoms with Gasteiger partial charge in [0.15, 0.2) is 5.78 Å². The number of hydrogen-bond donors (Lipinski definition) is 1. The maximum atomic E-state index is 12.2. The van der Waals surface area contributed by atoms with E-state index in [2.05, 4.69) is 18.2 Å². The fourth-order valence-electron chi connectivity index (χ4n) is 2.49. The maximum Gasteiger partial charge on any atom is 0.154 e. The molecular weight excluding hydrogens is 246 g/mol. The molecule has 2 heteroatoms. The van der Waals surface area contributed by atoms with Crippen molar-refractivity contribution in [2.24, 2.45) is 5.73 Å². The Morgan fingerprint density at radius 1 is 1.00 bits per heavy atom. The van der Waals surface area contributed by atoms with E-state index in [9.17, 15) is 4.79 Å². The van der Waals surface area contributed by atoms with Crippen molar-refractivity contribution in [2.75, 3.05) is 0 Å². The fraction of sp³-hybridized carbons (Fsp3) is 0.278. The zero-order chi connectivity index (χ0) is 14.5. The van der Waals surface area contributed by atoms with Crippen molar-refractivity contribution < 1.29 is 4.79 Å². The van der Waals surface area contributed by atoms with Crippen molar-refractivity contribution in [1.29, 1.82) is 0 Å². The number of nitrogens with two attached hydrogens (primary N) is 1. The molecule has 0 aliphatic carbocycles. The van der Waals surface area contributed by atoms with Crippen LogP contribution in [0, 0.1) is 13.8 Å². The first-order valence-corrected chi connectivity index (χ1v) is 6.94. The molecule has 0 spiro atoms. The van der Waals surface area contributed by atoms with Gasteiger partial charge >= 0.3 is 0 Å². The summed E-state index contributed by atoms with van der Waals surface area (Å²) in [5.74, 6) is 0.0962. The van der Waals surface area contributed by atoms with Gasteiger partial charge in [-0.2, -0.15) is 0 Å². The Hall–Kier alpha value is -1.93. The predicted molar refractivity (Wildman–Crippen MR) is 82.7 cm³/mol. The van der Waals surface area contributed by atoms with Crippen LogP contribution < -0.4 is 5.73 Å². The van der Waals surface area contributed by atoms with Crippen LogP contribution in [-0.4, -0.2) is 11.8 Å². The SMILES string of the molecule is Cc1cc(C)cc(CC(=O)C(N)Cc2ccccc2)c1. The summed E-state index contributed by atoms with van der Waals surface area (Å²) in [6.07, 6.45) is 1.01. The number of carbonyl (C=O) groups excluding carboxylic acids is 1. The molecule has 0 heterocycles. The molecule has 2 aromatic rings. The van der Waals surface area contributed by atoms with E-state index in [0.29, 0.717) is 12.8 Å². The van der Waals surface area contributed by atoms with E-state index in [1.807, 2.05) is 44.2 Å². The minimum Gasteiger partial charge on any atom is -0.321 e. The van der Waals surface area contributed by atoms with E-state index in [-0.39, 0.29) is 5.78 Å². The third-order valence-corrected chi connectivity index (χ3v) is 3.37. The largest absolute Gasteiger partial charge is 0.321 e. The lowest BCUT2D eigenvalue weighted by molar-refractivity contribution is -0.119. The van der Waals surface area contributed by atoms with Crippen LogP contribution in [0.5, 0.6) is 0 Å². The summed E-state index contributed by atoms with van der Waals surface area (Å²) in [4.78, 5) is 12.2. The first kappa shape index (κ1) is 14.5. The van der Waals surface area contributed by atoms with Crippen LogP contribution in [0.3, 0.4) is 0 Å². The van der Waals surface area contributed by atoms with Gasteiger partial charge in [-0.3, -0.25) is 4.79 Å². The van der Waals surface area contributed by atoms with Gasteiger partial charge in [-0.15, -0.1) is 0 Å². The van der Waals surface area contributed by atoms with Crippen molar-refractivity contribution in [3.05, 3.63) is 70.8 Å². The fourth-order valence-corrected chi connectivity index (χ4v) is 2.49. The summed E-state index contributed by atoms with van der Waals surface area (Å²) >= 11 is 0. The molecule has 0 saturated heterocycles. The molecule has 0 saturated carbocycles. The summed E-state index contributed by atoms with van der Waals surface area (Å²) in [7, 11) is 0. The van der Waals surface area contributed by atoms with Gasteiger partial charge in [-0.05, 0) is 31.4 Å². The highest BCUT2D eigenvalue weighted by molar-refractivity contribution is 5.86. The molecule has 0 aliphatic heterocycles. The molecule has 1 unspecified atom stereocenters. The molecule has 2 aromatic carbocycles. The second-order valence-electron chi connectivity index (χ2n) is 5.44. The van der Waals surface area contributed by atoms with Crippen molar-refractivity contribution in [2.45, 2.75) is 32.7 Å². The topological polar surface area (TPSA) is 43.1 Å². The van der Waals surface area contributed by atoms with Crippen LogP contribution in [0.1, 0.15) is 22.3 Å². The smallest absolute Gasteiger partial charge is 0.154 e. The van der Waals surface area contributed by atoms with Crippen molar-refractivity contribution in [3.8, 4) is 0 Å². The van der Waals surface area contributed by atoms with Gasteiger partial charge in [0.1, 0.15) is 0 Å². The van der Waals surface area contributed by atoms with E-state index in [1.54, 1.807) is 0 Å². The van der Waals surface area contributed by atoms with Crippen LogP contribution in [0.2, 0.25) is 0 Å². The molecule has 0 bridgehead atoms. The van der Waals surface area contributed by atoms with E-state index in [1.165, 1.54) is 11.1 Å². The van der Waals surface area contributed by atoms with Gasteiger partial charge in [0.05, 0.1) is 6.04 Å². The molecule has 0 aromatic heterocycles. The van der Waals surface area contributed by atoms with Gasteiger partial charge in [-0.1, -0.05) is 59.7 Å². The summed E-state index contributed by atoms with van der Waals surface area (Å²) in [5.41, 5.74) is 10.6. The lowest BCUT2D eigenvalue weighted by Crippen LogP contribution is -2.33. The number of hydrogen-bond acceptors (Lipinski definition) is 2. The number of carbonyl (C=O) groups is 1. The minimum atomic E-state index is -0.432. The van der Waals surface area contributed by atoms with Crippen LogP contribution in [0.4, 0.5) is 0 Å². The monoisotopic (exact) mass is 267 g/mol. The molecular formula is C18H21NO. The van der Waals surface area contributed by atoms with Gasteiger partial charge in [0.2, 0.25) is 0 Å². The Balaban J connectivity index is 2.00. The highest BCUT2D eigenvalue weighted by Gasteiger charge is 2.14. The molecule has 2 rings (SSSR count). The van der Waals surface area contributed by atoms with Crippen LogP contribution in [0.15, 0.2) is 48.5 Å². The lowest BCUT2D eigenvalue weighted by atomic mass is 9.97. The quantitative estimate of drug-likeness (QED) is 0.905. The van der Waals surface area contributed by atoms with E-state index in [0.717, 1.165) is 11.1 Å². The number of aryl methyl sites for hydroxylation is 2. The third kappa shape index (κ3) is 4.04. The molecule has 1 atom stereocenters. The van der Waals surface area contributed by atoms with Gasteiger partial charge in [0, 0.05) is 6.42 Å². The minimum absolute atomic E-state index is 0.0962. The predicted octanol–water partition coefficient (Wildman–Crippen LogP) is 2.99. The molecule has 0 amide bonds. The molecule has 0 radical (unpaired) electrons. The summed E-state index contributed by atoms with van der Waals surface area (Å²) < 4.78 is 0. The number of ketones is 1. The van der Waals surface area contributed by atoms with Crippen molar-refractivity contribution >= 4 is 5.78 Å². The van der Waals surface area contributed by atoms with Gasteiger partial charge in [0.25, 0.3) is 0 Å². The average molecular weight is 267 g/mol.